The van der Waals surface area contributed by atoms with Crippen molar-refractivity contribution >= 4 is 94.7 Å². The molecule has 0 radical (unpaired) electrons. The molecule has 2 unspecified atom stereocenters. The first kappa shape index (κ1) is 47.5. The Bertz CT molecular complexity index is 1750. The molecular weight excluding hydrogens is 843 g/mol. The van der Waals surface area contributed by atoms with Gasteiger partial charge in [-0.2, -0.15) is 8.42 Å². The lowest BCUT2D eigenvalue weighted by Crippen LogP contribution is -2.56. The predicted molar refractivity (Wildman–Crippen MR) is 216 cm³/mol. The maximum absolute atomic E-state index is 13.5. The number of carbonyl (C=O) groups excluding carboxylic acids is 7. The molecule has 1 aliphatic heterocycles. The smallest absolute Gasteiger partial charge is 0.334 e. The van der Waals surface area contributed by atoms with Crippen molar-refractivity contribution in [2.75, 3.05) is 30.3 Å². The van der Waals surface area contributed by atoms with Crippen LogP contribution in [0.3, 0.4) is 0 Å². The summed E-state index contributed by atoms with van der Waals surface area (Å²) in [6, 6.07) is 8.12. The first-order valence-corrected chi connectivity index (χ1v) is 24.1. The molecule has 2 aromatic heterocycles. The average molecular weight is 888 g/mol. The summed E-state index contributed by atoms with van der Waals surface area (Å²) in [6.07, 6.45) is 5.01. The second-order valence-corrected chi connectivity index (χ2v) is 18.6. The monoisotopic (exact) mass is 887 g/mol. The topological polar surface area (TPSA) is 260 Å². The lowest BCUT2D eigenvalue weighted by atomic mass is 10.1. The van der Waals surface area contributed by atoms with Crippen molar-refractivity contribution in [1.29, 1.82) is 0 Å². The molecule has 1 aliphatic rings. The maximum atomic E-state index is 13.5. The van der Waals surface area contributed by atoms with Gasteiger partial charge in [-0.15, -0.1) is 5.06 Å². The van der Waals surface area contributed by atoms with E-state index in [0.29, 0.717) is 49.5 Å². The minimum absolute atomic E-state index is 0.0634. The van der Waals surface area contributed by atoms with Crippen LogP contribution in [0.5, 0.6) is 0 Å². The highest BCUT2D eigenvalue weighted by Crippen LogP contribution is 2.30. The quantitative estimate of drug-likeness (QED) is 0.0374. The lowest BCUT2D eigenvalue weighted by molar-refractivity contribution is -0.197. The normalized spacial score (nSPS) is 13.7. The zero-order valence-corrected chi connectivity index (χ0v) is 34.9. The van der Waals surface area contributed by atoms with E-state index in [9.17, 15) is 46.5 Å². The fourth-order valence-electron chi connectivity index (χ4n) is 4.79. The molecule has 0 aliphatic carbocycles. The van der Waals surface area contributed by atoms with Crippen molar-refractivity contribution in [1.82, 2.24) is 36.3 Å². The summed E-state index contributed by atoms with van der Waals surface area (Å²) >= 11 is 0. The Morgan fingerprint density at radius 3 is 1.89 bits per heavy atom. The van der Waals surface area contributed by atoms with Gasteiger partial charge in [-0.3, -0.25) is 33.3 Å². The second-order valence-electron chi connectivity index (χ2n) is 12.2. The van der Waals surface area contributed by atoms with E-state index in [-0.39, 0.29) is 31.6 Å². The van der Waals surface area contributed by atoms with Crippen LogP contribution < -0.4 is 21.3 Å². The number of imide groups is 1. The first-order chi connectivity index (χ1) is 27.3. The molecule has 312 valence electrons. The Labute approximate surface area is 346 Å². The summed E-state index contributed by atoms with van der Waals surface area (Å²) in [6.45, 7) is -0.129. The summed E-state index contributed by atoms with van der Waals surface area (Å²) < 4.78 is 33.1. The van der Waals surface area contributed by atoms with Gasteiger partial charge in [0.25, 0.3) is 21.9 Å². The number of amides is 6. The molecule has 0 saturated carbocycles. The number of hydroxylamine groups is 2. The van der Waals surface area contributed by atoms with E-state index >= 15 is 0 Å². The fraction of sp³-hybridized carbons (Fsp3) is 0.500. The van der Waals surface area contributed by atoms with Crippen molar-refractivity contribution in [2.24, 2.45) is 0 Å². The van der Waals surface area contributed by atoms with Gasteiger partial charge in [0.05, 0.1) is 6.42 Å². The van der Waals surface area contributed by atoms with Crippen molar-refractivity contribution in [2.45, 2.75) is 86.3 Å². The van der Waals surface area contributed by atoms with E-state index in [1.54, 1.807) is 29.3 Å². The molecule has 0 spiro atoms. The number of rotatable bonds is 27. The van der Waals surface area contributed by atoms with Crippen LogP contribution >= 0.6 is 43.2 Å². The Kier molecular flexibility index (Phi) is 21.8. The SMILES string of the molecule is O=C(CCCSSc1ccccn1)NCCCCC(NC(=O)CCCSSc1ccccn1)C(=O)NC(CS(=O)(=O)O)C(=O)NCCC(=O)ON1C(=O)CCC1=O. The highest BCUT2D eigenvalue weighted by atomic mass is 33.1. The van der Waals surface area contributed by atoms with Crippen LogP contribution in [0, 0.1) is 0 Å². The summed E-state index contributed by atoms with van der Waals surface area (Å²) in [5.41, 5.74) is 0. The van der Waals surface area contributed by atoms with E-state index in [4.69, 9.17) is 4.84 Å². The van der Waals surface area contributed by atoms with Crippen molar-refractivity contribution in [3.05, 3.63) is 48.8 Å². The Morgan fingerprint density at radius 1 is 0.737 bits per heavy atom. The van der Waals surface area contributed by atoms with Crippen molar-refractivity contribution < 1.29 is 51.4 Å². The van der Waals surface area contributed by atoms with Crippen LogP contribution in [0.4, 0.5) is 0 Å². The molecule has 0 aromatic carbocycles. The number of carbonyl (C=O) groups is 7. The molecule has 2 atom stereocenters. The standard InChI is InChI=1S/C34H45N7O11S5/c42-26(10-7-21-53-55-28-12-2-5-18-36-28)35-17-4-1-9-24(39-27(43)11-8-22-54-56-29-13-3-6-19-37-29)34(48)40-25(23-57(49,50)51)33(47)38-20-16-32(46)52-41-30(44)14-15-31(41)45/h2-3,5-6,12-13,18-19,24-25H,1,4,7-11,14-17,20-23H2,(H,35,42)(H,38,47)(H,39,43)(H,40,48)(H,49,50,51). The van der Waals surface area contributed by atoms with Crippen molar-refractivity contribution in [3.63, 3.8) is 0 Å². The zero-order chi connectivity index (χ0) is 41.5. The molecule has 18 nitrogen and oxygen atoms in total. The zero-order valence-electron chi connectivity index (χ0n) is 30.8. The third-order valence-electron chi connectivity index (χ3n) is 7.56. The predicted octanol–water partition coefficient (Wildman–Crippen LogP) is 2.48. The fourth-order valence-corrected chi connectivity index (χ4v) is 9.37. The van der Waals surface area contributed by atoms with E-state index in [1.807, 2.05) is 30.3 Å². The molecule has 3 heterocycles. The van der Waals surface area contributed by atoms with Crippen LogP contribution in [0.15, 0.2) is 58.8 Å². The van der Waals surface area contributed by atoms with Gasteiger partial charge in [-0.25, -0.2) is 14.8 Å². The molecule has 3 rings (SSSR count). The van der Waals surface area contributed by atoms with Gasteiger partial charge in [-0.05, 0) is 78.0 Å². The van der Waals surface area contributed by atoms with Crippen LogP contribution in [0.2, 0.25) is 0 Å². The molecule has 23 heteroatoms. The largest absolute Gasteiger partial charge is 0.356 e. The molecule has 1 fully saturated rings. The number of unbranched alkanes of at least 4 members (excludes halogenated alkanes) is 1. The summed E-state index contributed by atoms with van der Waals surface area (Å²) in [7, 11) is 1.28. The van der Waals surface area contributed by atoms with Crippen LogP contribution in [-0.2, 0) is 48.5 Å². The number of aromatic nitrogens is 2. The summed E-state index contributed by atoms with van der Waals surface area (Å²) in [5.74, 6) is -4.87. The average Bonchev–Trinajstić information content (AvgIpc) is 3.49. The number of nitrogens with one attached hydrogen (secondary N) is 4. The Balaban J connectivity index is 1.50. The number of pyridine rings is 2. The lowest BCUT2D eigenvalue weighted by Gasteiger charge is -2.23. The molecule has 5 N–H and O–H groups in total. The molecule has 1 saturated heterocycles. The summed E-state index contributed by atoms with van der Waals surface area (Å²) in [4.78, 5) is 100. The maximum Gasteiger partial charge on any atom is 0.334 e. The molecular formula is C34H45N7O11S5. The van der Waals surface area contributed by atoms with Gasteiger partial charge in [0.2, 0.25) is 23.6 Å². The number of nitrogens with zero attached hydrogens (tertiary/aromatic N) is 3. The van der Waals surface area contributed by atoms with E-state index in [2.05, 4.69) is 31.2 Å². The van der Waals surface area contributed by atoms with Gasteiger partial charge in [0, 0.05) is 62.7 Å². The van der Waals surface area contributed by atoms with Gasteiger partial charge < -0.3 is 26.1 Å². The minimum Gasteiger partial charge on any atom is -0.356 e. The van der Waals surface area contributed by atoms with Gasteiger partial charge in [-0.1, -0.05) is 33.7 Å². The third kappa shape index (κ3) is 20.4. The molecule has 2 aromatic rings. The summed E-state index contributed by atoms with van der Waals surface area (Å²) in [5, 5.41) is 12.0. The van der Waals surface area contributed by atoms with Crippen molar-refractivity contribution in [3.8, 4) is 0 Å². The Hall–Kier alpha value is -3.90. The van der Waals surface area contributed by atoms with Crippen LogP contribution in [0.25, 0.3) is 0 Å². The van der Waals surface area contributed by atoms with Gasteiger partial charge in [0.15, 0.2) is 0 Å². The highest BCUT2D eigenvalue weighted by Gasteiger charge is 2.33. The minimum atomic E-state index is -4.82. The Morgan fingerprint density at radius 2 is 1.33 bits per heavy atom. The van der Waals surface area contributed by atoms with Gasteiger partial charge >= 0.3 is 5.97 Å². The highest BCUT2D eigenvalue weighted by molar-refractivity contribution is 8.77. The number of hydrogen-bond donors (Lipinski definition) is 5. The molecule has 6 amide bonds. The third-order valence-corrected chi connectivity index (χ3v) is 13.0. The van der Waals surface area contributed by atoms with E-state index in [0.717, 1.165) is 15.8 Å². The van der Waals surface area contributed by atoms with E-state index in [1.165, 1.54) is 32.4 Å². The van der Waals surface area contributed by atoms with Crippen LogP contribution in [0.1, 0.15) is 64.2 Å². The first-order valence-electron chi connectivity index (χ1n) is 17.9. The van der Waals surface area contributed by atoms with Gasteiger partial charge in [0.1, 0.15) is 27.9 Å². The van der Waals surface area contributed by atoms with Crippen LogP contribution in [-0.4, -0.2) is 112 Å². The molecule has 0 bridgehead atoms. The molecule has 57 heavy (non-hydrogen) atoms. The second kappa shape index (κ2) is 26.2. The van der Waals surface area contributed by atoms with E-state index < -0.39 is 76.4 Å². The number of hydrogen-bond acceptors (Lipinski definition) is 16.